The molecule has 0 aliphatic heterocycles. The first-order chi connectivity index (χ1) is 11.7. The quantitative estimate of drug-likeness (QED) is 0.699. The summed E-state index contributed by atoms with van der Waals surface area (Å²) < 4.78 is 7.15. The van der Waals surface area contributed by atoms with Crippen molar-refractivity contribution in [1.82, 2.24) is 20.1 Å². The van der Waals surface area contributed by atoms with Gasteiger partial charge in [0.2, 0.25) is 0 Å². The predicted molar refractivity (Wildman–Crippen MR) is 90.6 cm³/mol. The third kappa shape index (κ3) is 4.11. The minimum atomic E-state index is -0.153. The van der Waals surface area contributed by atoms with E-state index in [1.807, 2.05) is 12.1 Å². The van der Waals surface area contributed by atoms with Crippen LogP contribution in [0.4, 0.5) is 0 Å². The van der Waals surface area contributed by atoms with E-state index in [0.29, 0.717) is 29.5 Å². The number of carbonyl (C=O) groups excluding carboxylic acids is 1. The molecule has 0 saturated carbocycles. The number of rotatable bonds is 6. The molecule has 0 atom stereocenters. The van der Waals surface area contributed by atoms with Crippen LogP contribution < -0.4 is 10.1 Å². The van der Waals surface area contributed by atoms with Gasteiger partial charge in [0.1, 0.15) is 25.0 Å². The van der Waals surface area contributed by atoms with Gasteiger partial charge >= 0.3 is 0 Å². The van der Waals surface area contributed by atoms with Gasteiger partial charge in [-0.1, -0.05) is 11.6 Å². The first-order valence-electron chi connectivity index (χ1n) is 7.34. The van der Waals surface area contributed by atoms with Crippen LogP contribution in [0.5, 0.6) is 5.75 Å². The van der Waals surface area contributed by atoms with Crippen molar-refractivity contribution in [2.75, 3.05) is 13.2 Å². The maximum atomic E-state index is 12.1. The molecule has 0 aliphatic rings. The maximum Gasteiger partial charge on any atom is 0.251 e. The summed E-state index contributed by atoms with van der Waals surface area (Å²) in [5.74, 6) is 0.561. The fraction of sp³-hybridized carbons (Fsp3) is 0.118. The number of benzene rings is 2. The topological polar surface area (TPSA) is 69.0 Å². The second kappa shape index (κ2) is 7.61. The molecule has 0 saturated heterocycles. The van der Waals surface area contributed by atoms with Gasteiger partial charge in [-0.3, -0.25) is 4.79 Å². The molecule has 0 aliphatic carbocycles. The summed E-state index contributed by atoms with van der Waals surface area (Å²) in [6, 6.07) is 14.2. The lowest BCUT2D eigenvalue weighted by Crippen LogP contribution is -2.28. The number of aromatic nitrogens is 3. The average Bonchev–Trinajstić information content (AvgIpc) is 3.15. The van der Waals surface area contributed by atoms with Crippen LogP contribution in [-0.4, -0.2) is 33.8 Å². The van der Waals surface area contributed by atoms with Crippen LogP contribution in [0.2, 0.25) is 5.02 Å². The Morgan fingerprint density at radius 1 is 1.12 bits per heavy atom. The van der Waals surface area contributed by atoms with Gasteiger partial charge < -0.3 is 10.1 Å². The summed E-state index contributed by atoms with van der Waals surface area (Å²) in [6.07, 6.45) is 3.06. The van der Waals surface area contributed by atoms with Crippen molar-refractivity contribution in [2.45, 2.75) is 0 Å². The van der Waals surface area contributed by atoms with Gasteiger partial charge in [0.25, 0.3) is 5.91 Å². The fourth-order valence-corrected chi connectivity index (χ4v) is 2.20. The largest absolute Gasteiger partial charge is 0.492 e. The van der Waals surface area contributed by atoms with Crippen LogP contribution >= 0.6 is 11.6 Å². The number of nitrogens with zero attached hydrogens (tertiary/aromatic N) is 3. The van der Waals surface area contributed by atoms with Crippen molar-refractivity contribution in [3.05, 3.63) is 71.8 Å². The minimum absolute atomic E-state index is 0.153. The number of hydrogen-bond donors (Lipinski definition) is 1. The molecule has 3 aromatic rings. The Hall–Kier alpha value is -2.86. The summed E-state index contributed by atoms with van der Waals surface area (Å²) in [5, 5.41) is 7.50. The molecule has 1 aromatic heterocycles. The zero-order valence-corrected chi connectivity index (χ0v) is 13.5. The van der Waals surface area contributed by atoms with Gasteiger partial charge in [-0.15, -0.1) is 0 Å². The summed E-state index contributed by atoms with van der Waals surface area (Å²) in [6.45, 7) is 0.788. The highest BCUT2D eigenvalue weighted by molar-refractivity contribution is 6.30. The van der Waals surface area contributed by atoms with Gasteiger partial charge in [-0.25, -0.2) is 9.67 Å². The highest BCUT2D eigenvalue weighted by Crippen LogP contribution is 2.15. The van der Waals surface area contributed by atoms with E-state index in [9.17, 15) is 4.79 Å². The normalized spacial score (nSPS) is 10.4. The number of amides is 1. The number of carbonyl (C=O) groups is 1. The van der Waals surface area contributed by atoms with Crippen molar-refractivity contribution in [1.29, 1.82) is 0 Å². The number of nitrogens with one attached hydrogen (secondary N) is 1. The lowest BCUT2D eigenvalue weighted by atomic mass is 10.2. The Morgan fingerprint density at radius 2 is 1.88 bits per heavy atom. The van der Waals surface area contributed by atoms with Crippen molar-refractivity contribution >= 4 is 17.5 Å². The summed E-state index contributed by atoms with van der Waals surface area (Å²) in [5.41, 5.74) is 1.42. The molecule has 0 unspecified atom stereocenters. The summed E-state index contributed by atoms with van der Waals surface area (Å²) in [7, 11) is 0. The molecule has 0 spiro atoms. The Balaban J connectivity index is 1.47. The Kier molecular flexibility index (Phi) is 5.08. The molecule has 2 aromatic carbocycles. The van der Waals surface area contributed by atoms with Crippen LogP contribution in [0.15, 0.2) is 61.2 Å². The van der Waals surface area contributed by atoms with E-state index >= 15 is 0 Å². The third-order valence-corrected chi connectivity index (χ3v) is 3.53. The third-order valence-electron chi connectivity index (χ3n) is 3.28. The SMILES string of the molecule is O=C(NCCOc1ccc(Cl)cc1)c1ccc(-n2cncn2)cc1. The lowest BCUT2D eigenvalue weighted by Gasteiger charge is -2.08. The lowest BCUT2D eigenvalue weighted by molar-refractivity contribution is 0.0947. The average molecular weight is 343 g/mol. The van der Waals surface area contributed by atoms with Crippen molar-refractivity contribution in [2.24, 2.45) is 0 Å². The van der Waals surface area contributed by atoms with Crippen LogP contribution in [0.25, 0.3) is 5.69 Å². The highest BCUT2D eigenvalue weighted by Gasteiger charge is 2.05. The highest BCUT2D eigenvalue weighted by atomic mass is 35.5. The molecule has 122 valence electrons. The molecule has 7 heteroatoms. The first-order valence-corrected chi connectivity index (χ1v) is 7.72. The number of ether oxygens (including phenoxy) is 1. The van der Waals surface area contributed by atoms with Crippen LogP contribution in [-0.2, 0) is 0 Å². The van der Waals surface area contributed by atoms with Crippen molar-refractivity contribution in [3.63, 3.8) is 0 Å². The molecule has 24 heavy (non-hydrogen) atoms. The zero-order chi connectivity index (χ0) is 16.8. The van der Waals surface area contributed by atoms with Gasteiger partial charge in [-0.05, 0) is 48.5 Å². The molecule has 0 fully saturated rings. The molecule has 1 heterocycles. The number of hydrogen-bond acceptors (Lipinski definition) is 4. The molecule has 0 bridgehead atoms. The van der Waals surface area contributed by atoms with Crippen molar-refractivity contribution in [3.8, 4) is 11.4 Å². The van der Waals surface area contributed by atoms with Gasteiger partial charge in [0.15, 0.2) is 0 Å². The van der Waals surface area contributed by atoms with Gasteiger partial charge in [0.05, 0.1) is 12.2 Å². The molecular weight excluding hydrogens is 328 g/mol. The Bertz CT molecular complexity index is 786. The summed E-state index contributed by atoms with van der Waals surface area (Å²) in [4.78, 5) is 16.0. The molecule has 1 N–H and O–H groups in total. The van der Waals surface area contributed by atoms with Gasteiger partial charge in [-0.2, -0.15) is 5.10 Å². The van der Waals surface area contributed by atoms with E-state index < -0.39 is 0 Å². The predicted octanol–water partition coefficient (Wildman–Crippen LogP) is 2.73. The molecular formula is C17H15ClN4O2. The van der Waals surface area contributed by atoms with Gasteiger partial charge in [0, 0.05) is 10.6 Å². The van der Waals surface area contributed by atoms with E-state index in [1.54, 1.807) is 47.4 Å². The van der Waals surface area contributed by atoms with E-state index in [0.717, 1.165) is 5.69 Å². The molecule has 1 amide bonds. The zero-order valence-electron chi connectivity index (χ0n) is 12.7. The minimum Gasteiger partial charge on any atom is -0.492 e. The molecule has 3 rings (SSSR count). The second-order valence-electron chi connectivity index (χ2n) is 4.95. The van der Waals surface area contributed by atoms with Crippen LogP contribution in [0.1, 0.15) is 10.4 Å². The Morgan fingerprint density at radius 3 is 2.54 bits per heavy atom. The molecule has 6 nitrogen and oxygen atoms in total. The van der Waals surface area contributed by atoms with Crippen LogP contribution in [0, 0.1) is 0 Å². The smallest absolute Gasteiger partial charge is 0.251 e. The van der Waals surface area contributed by atoms with E-state index in [-0.39, 0.29) is 5.91 Å². The van der Waals surface area contributed by atoms with E-state index in [1.165, 1.54) is 6.33 Å². The Labute approximate surface area is 144 Å². The molecule has 0 radical (unpaired) electrons. The monoisotopic (exact) mass is 342 g/mol. The maximum absolute atomic E-state index is 12.1. The second-order valence-corrected chi connectivity index (χ2v) is 5.38. The van der Waals surface area contributed by atoms with E-state index in [2.05, 4.69) is 15.4 Å². The first kappa shape index (κ1) is 16.0. The fourth-order valence-electron chi connectivity index (χ4n) is 2.07. The number of halogens is 1. The summed E-state index contributed by atoms with van der Waals surface area (Å²) >= 11 is 5.80. The standard InChI is InChI=1S/C17H15ClN4O2/c18-14-3-7-16(8-4-14)24-10-9-20-17(23)13-1-5-15(6-2-13)22-12-19-11-21-22/h1-8,11-12H,9-10H2,(H,20,23). The van der Waals surface area contributed by atoms with E-state index in [4.69, 9.17) is 16.3 Å². The van der Waals surface area contributed by atoms with Crippen LogP contribution in [0.3, 0.4) is 0 Å². The van der Waals surface area contributed by atoms with Crippen molar-refractivity contribution < 1.29 is 9.53 Å².